The summed E-state index contributed by atoms with van der Waals surface area (Å²) in [6.07, 6.45) is 8.67. The van der Waals surface area contributed by atoms with Gasteiger partial charge in [0.05, 0.1) is 12.5 Å². The van der Waals surface area contributed by atoms with Crippen LogP contribution < -0.4 is 0 Å². The molecule has 19 heavy (non-hydrogen) atoms. The van der Waals surface area contributed by atoms with Gasteiger partial charge in [0.15, 0.2) is 0 Å². The number of hydrogen-bond acceptors (Lipinski definition) is 3. The van der Waals surface area contributed by atoms with Crippen molar-refractivity contribution in [1.82, 2.24) is 0 Å². The number of rotatable bonds is 9. The van der Waals surface area contributed by atoms with Crippen LogP contribution in [0.15, 0.2) is 0 Å². The first-order valence-electron chi connectivity index (χ1n) is 7.31. The van der Waals surface area contributed by atoms with E-state index in [1.54, 1.807) is 0 Å². The van der Waals surface area contributed by atoms with Gasteiger partial charge in [-0.25, -0.2) is 0 Å². The van der Waals surface area contributed by atoms with E-state index in [1.165, 1.54) is 32.1 Å². The van der Waals surface area contributed by atoms with E-state index in [-0.39, 0.29) is 11.9 Å². The first-order chi connectivity index (χ1) is 8.95. The van der Waals surface area contributed by atoms with Gasteiger partial charge in [-0.1, -0.05) is 52.4 Å². The van der Waals surface area contributed by atoms with E-state index < -0.39 is 5.97 Å². The van der Waals surface area contributed by atoms with Gasteiger partial charge in [-0.05, 0) is 13.3 Å². The summed E-state index contributed by atoms with van der Waals surface area (Å²) in [6.45, 7) is 7.63. The minimum absolute atomic E-state index is 0.0361. The fraction of sp³-hybridized carbons (Fsp3) is 0.867. The van der Waals surface area contributed by atoms with Crippen molar-refractivity contribution in [3.05, 3.63) is 0 Å². The number of carboxylic acids is 1. The van der Waals surface area contributed by atoms with E-state index in [9.17, 15) is 4.79 Å². The third-order valence-electron chi connectivity index (χ3n) is 2.68. The lowest BCUT2D eigenvalue weighted by Gasteiger charge is -2.09. The molecule has 0 radical (unpaired) electrons. The second-order valence-corrected chi connectivity index (χ2v) is 4.73. The first kappa shape index (κ1) is 20.3. The molecule has 0 rings (SSSR count). The molecular formula is C15H30O4. The molecule has 0 amide bonds. The van der Waals surface area contributed by atoms with E-state index in [0.29, 0.717) is 6.61 Å². The molecule has 0 aromatic heterocycles. The summed E-state index contributed by atoms with van der Waals surface area (Å²) in [4.78, 5) is 20.3. The molecule has 0 aromatic rings. The molecule has 0 spiro atoms. The average molecular weight is 274 g/mol. The van der Waals surface area contributed by atoms with Crippen LogP contribution in [0.3, 0.4) is 0 Å². The van der Waals surface area contributed by atoms with Crippen LogP contribution in [0.4, 0.5) is 0 Å². The molecule has 1 atom stereocenters. The molecule has 1 unspecified atom stereocenters. The van der Waals surface area contributed by atoms with Gasteiger partial charge in [0.2, 0.25) is 0 Å². The molecule has 0 fully saturated rings. The van der Waals surface area contributed by atoms with E-state index in [4.69, 9.17) is 14.6 Å². The summed E-state index contributed by atoms with van der Waals surface area (Å²) in [5.74, 6) is -0.790. The molecule has 114 valence electrons. The summed E-state index contributed by atoms with van der Waals surface area (Å²) < 4.78 is 4.96. The Morgan fingerprint density at radius 3 is 2.00 bits per heavy atom. The Morgan fingerprint density at radius 1 is 1.05 bits per heavy atom. The number of carboxylic acid groups (broad SMARTS) is 1. The maximum absolute atomic E-state index is 11.3. The summed E-state index contributed by atoms with van der Waals surface area (Å²) in [6, 6.07) is 0. The molecule has 0 heterocycles. The summed E-state index contributed by atoms with van der Waals surface area (Å²) >= 11 is 0. The van der Waals surface area contributed by atoms with Gasteiger partial charge in [0.1, 0.15) is 0 Å². The lowest BCUT2D eigenvalue weighted by atomic mass is 10.0. The largest absolute Gasteiger partial charge is 0.481 e. The molecule has 4 nitrogen and oxygen atoms in total. The predicted molar refractivity (Wildman–Crippen MR) is 77.1 cm³/mol. The minimum atomic E-state index is -0.833. The number of unbranched alkanes of at least 4 members (excludes halogenated alkanes) is 5. The smallest absolute Gasteiger partial charge is 0.308 e. The second-order valence-electron chi connectivity index (χ2n) is 4.73. The highest BCUT2D eigenvalue weighted by molar-refractivity contribution is 5.71. The second kappa shape index (κ2) is 15.0. The minimum Gasteiger partial charge on any atom is -0.481 e. The summed E-state index contributed by atoms with van der Waals surface area (Å²) in [7, 11) is 0. The average Bonchev–Trinajstić information content (AvgIpc) is 2.33. The van der Waals surface area contributed by atoms with Gasteiger partial charge >= 0.3 is 5.97 Å². The fourth-order valence-corrected chi connectivity index (χ4v) is 1.63. The van der Waals surface area contributed by atoms with E-state index in [2.05, 4.69) is 6.92 Å². The zero-order valence-corrected chi connectivity index (χ0v) is 12.9. The number of carbonyl (C=O) groups is 2. The Kier molecular flexibility index (Phi) is 16.0. The maximum Gasteiger partial charge on any atom is 0.308 e. The zero-order valence-electron chi connectivity index (χ0n) is 12.9. The molecule has 0 saturated carbocycles. The highest BCUT2D eigenvalue weighted by Crippen LogP contribution is 2.13. The molecule has 0 aliphatic rings. The van der Waals surface area contributed by atoms with Crippen molar-refractivity contribution in [3.8, 4) is 0 Å². The molecule has 0 aliphatic heterocycles. The van der Waals surface area contributed by atoms with Crippen molar-refractivity contribution in [1.29, 1.82) is 0 Å². The van der Waals surface area contributed by atoms with Crippen molar-refractivity contribution in [2.45, 2.75) is 72.6 Å². The molecule has 0 aromatic carbocycles. The third-order valence-corrected chi connectivity index (χ3v) is 2.68. The van der Waals surface area contributed by atoms with Crippen LogP contribution in [-0.2, 0) is 14.3 Å². The van der Waals surface area contributed by atoms with Gasteiger partial charge in [-0.2, -0.15) is 0 Å². The van der Waals surface area contributed by atoms with Crippen molar-refractivity contribution in [2.24, 2.45) is 5.92 Å². The van der Waals surface area contributed by atoms with Crippen molar-refractivity contribution in [2.75, 3.05) is 6.61 Å². The van der Waals surface area contributed by atoms with E-state index in [0.717, 1.165) is 19.8 Å². The van der Waals surface area contributed by atoms with Gasteiger partial charge in [0, 0.05) is 6.92 Å². The Bertz CT molecular complexity index is 222. The van der Waals surface area contributed by atoms with Crippen LogP contribution in [0.1, 0.15) is 72.6 Å². The molecule has 0 bridgehead atoms. The van der Waals surface area contributed by atoms with Crippen molar-refractivity contribution < 1.29 is 19.4 Å². The molecule has 4 heteroatoms. The highest BCUT2D eigenvalue weighted by atomic mass is 16.5. The quantitative estimate of drug-likeness (QED) is 0.509. The Balaban J connectivity index is 0. The summed E-state index contributed by atoms with van der Waals surface area (Å²) in [5, 5.41) is 7.42. The van der Waals surface area contributed by atoms with Gasteiger partial charge < -0.3 is 9.84 Å². The van der Waals surface area contributed by atoms with Crippen LogP contribution in [0.2, 0.25) is 0 Å². The lowest BCUT2D eigenvalue weighted by molar-refractivity contribution is -0.147. The SMILES string of the molecule is CC(=O)O.CCCCCCCCC(C)C(=O)OCC. The third kappa shape index (κ3) is 19.5. The number of hydrogen-bond donors (Lipinski definition) is 1. The van der Waals surface area contributed by atoms with E-state index in [1.807, 2.05) is 13.8 Å². The standard InChI is InChI=1S/C13H26O2.C2H4O2/c1-4-6-7-8-9-10-11-12(3)13(14)15-5-2;1-2(3)4/h12H,4-11H2,1-3H3;1H3,(H,3,4). The lowest BCUT2D eigenvalue weighted by Crippen LogP contribution is -2.14. The van der Waals surface area contributed by atoms with E-state index >= 15 is 0 Å². The van der Waals surface area contributed by atoms with Gasteiger partial charge in [-0.15, -0.1) is 0 Å². The van der Waals surface area contributed by atoms with Crippen LogP contribution in [-0.4, -0.2) is 23.7 Å². The topological polar surface area (TPSA) is 63.6 Å². The van der Waals surface area contributed by atoms with Gasteiger partial charge in [0.25, 0.3) is 5.97 Å². The number of ether oxygens (including phenoxy) is 1. The van der Waals surface area contributed by atoms with Gasteiger partial charge in [-0.3, -0.25) is 9.59 Å². The van der Waals surface area contributed by atoms with Crippen molar-refractivity contribution >= 4 is 11.9 Å². The van der Waals surface area contributed by atoms with Crippen LogP contribution >= 0.6 is 0 Å². The number of esters is 1. The number of aliphatic carboxylic acids is 1. The summed E-state index contributed by atoms with van der Waals surface area (Å²) in [5.41, 5.74) is 0. The Morgan fingerprint density at radius 2 is 1.53 bits per heavy atom. The first-order valence-corrected chi connectivity index (χ1v) is 7.31. The number of carbonyl (C=O) groups excluding carboxylic acids is 1. The Labute approximate surface area is 117 Å². The highest BCUT2D eigenvalue weighted by Gasteiger charge is 2.12. The van der Waals surface area contributed by atoms with Crippen molar-refractivity contribution in [3.63, 3.8) is 0 Å². The molecule has 1 N–H and O–H groups in total. The van der Waals surface area contributed by atoms with Crippen LogP contribution in [0, 0.1) is 5.92 Å². The fourth-order valence-electron chi connectivity index (χ4n) is 1.63. The molecule has 0 aliphatic carbocycles. The predicted octanol–water partition coefficient (Wildman–Crippen LogP) is 4.03. The normalized spacial score (nSPS) is 11.2. The maximum atomic E-state index is 11.3. The zero-order chi connectivity index (χ0) is 15.1. The van der Waals surface area contributed by atoms with Crippen LogP contribution in [0.5, 0.6) is 0 Å². The Hall–Kier alpha value is -1.06. The van der Waals surface area contributed by atoms with Crippen LogP contribution in [0.25, 0.3) is 0 Å². The molecule has 0 saturated heterocycles. The monoisotopic (exact) mass is 274 g/mol. The molecular weight excluding hydrogens is 244 g/mol.